The highest BCUT2D eigenvalue weighted by Gasteiger charge is 2.25. The van der Waals surface area contributed by atoms with Crippen LogP contribution in [0.5, 0.6) is 0 Å². The van der Waals surface area contributed by atoms with E-state index in [0.29, 0.717) is 25.0 Å². The van der Waals surface area contributed by atoms with Crippen LogP contribution in [0.1, 0.15) is 38.2 Å². The summed E-state index contributed by atoms with van der Waals surface area (Å²) in [7, 11) is -3.06. The monoisotopic (exact) mass is 563 g/mol. The van der Waals surface area contributed by atoms with Crippen molar-refractivity contribution >= 4 is 40.0 Å². The summed E-state index contributed by atoms with van der Waals surface area (Å²) in [4.78, 5) is 7.34. The molecule has 176 valence electrons. The maximum Gasteiger partial charge on any atom is 0.211 e. The van der Waals surface area contributed by atoms with Gasteiger partial charge in [-0.2, -0.15) is 0 Å². The van der Waals surface area contributed by atoms with Crippen LogP contribution in [0.25, 0.3) is 0 Å². The summed E-state index contributed by atoms with van der Waals surface area (Å²) in [6.07, 6.45) is 5.29. The van der Waals surface area contributed by atoms with Gasteiger partial charge in [0.05, 0.1) is 6.26 Å². The molecule has 2 fully saturated rings. The van der Waals surface area contributed by atoms with Crippen LogP contribution in [0.3, 0.4) is 0 Å². The Morgan fingerprint density at radius 2 is 1.71 bits per heavy atom. The molecule has 0 aromatic heterocycles. The second-order valence-electron chi connectivity index (χ2n) is 8.51. The Morgan fingerprint density at radius 3 is 2.29 bits per heavy atom. The Bertz CT molecular complexity index is 774. The van der Waals surface area contributed by atoms with Crippen LogP contribution in [-0.2, 0) is 16.6 Å². The summed E-state index contributed by atoms with van der Waals surface area (Å²) in [5.41, 5.74) is 1.38. The van der Waals surface area contributed by atoms with E-state index in [-0.39, 0.29) is 24.0 Å². The number of halogens is 1. The van der Waals surface area contributed by atoms with Gasteiger partial charge in [0.25, 0.3) is 0 Å². The highest BCUT2D eigenvalue weighted by atomic mass is 127. The molecule has 0 atom stereocenters. The van der Waals surface area contributed by atoms with Gasteiger partial charge in [-0.3, -0.25) is 9.89 Å². The molecule has 31 heavy (non-hydrogen) atoms. The first-order chi connectivity index (χ1) is 14.4. The van der Waals surface area contributed by atoms with Crippen molar-refractivity contribution in [1.29, 1.82) is 0 Å². The molecule has 9 heteroatoms. The van der Waals surface area contributed by atoms with Crippen LogP contribution < -0.4 is 10.6 Å². The molecular weight excluding hydrogens is 525 g/mol. The van der Waals surface area contributed by atoms with Crippen molar-refractivity contribution < 1.29 is 8.42 Å². The second kappa shape index (κ2) is 13.0. The van der Waals surface area contributed by atoms with Gasteiger partial charge in [0.15, 0.2) is 5.96 Å². The van der Waals surface area contributed by atoms with Crippen LogP contribution in [0.15, 0.2) is 35.3 Å². The van der Waals surface area contributed by atoms with E-state index in [1.807, 2.05) is 0 Å². The number of nitrogens with zero attached hydrogens (tertiary/aromatic N) is 3. The Hall–Kier alpha value is -0.910. The predicted octanol–water partition coefficient (Wildman–Crippen LogP) is 2.50. The largest absolute Gasteiger partial charge is 0.357 e. The Morgan fingerprint density at radius 1 is 1.06 bits per heavy atom. The van der Waals surface area contributed by atoms with Gasteiger partial charge in [0.2, 0.25) is 10.0 Å². The van der Waals surface area contributed by atoms with Crippen molar-refractivity contribution in [2.24, 2.45) is 10.9 Å². The molecule has 0 amide bonds. The van der Waals surface area contributed by atoms with Crippen molar-refractivity contribution in [3.8, 4) is 0 Å². The van der Waals surface area contributed by atoms with Gasteiger partial charge in [-0.25, -0.2) is 12.7 Å². The highest BCUT2D eigenvalue weighted by Crippen LogP contribution is 2.19. The number of sulfonamides is 1. The third-order valence-electron chi connectivity index (χ3n) is 6.07. The molecule has 0 aliphatic carbocycles. The molecule has 2 saturated heterocycles. The van der Waals surface area contributed by atoms with E-state index in [2.05, 4.69) is 52.8 Å². The van der Waals surface area contributed by atoms with Crippen molar-refractivity contribution in [1.82, 2.24) is 19.8 Å². The Labute approximate surface area is 205 Å². The van der Waals surface area contributed by atoms with Crippen LogP contribution in [0.2, 0.25) is 0 Å². The zero-order valence-corrected chi connectivity index (χ0v) is 21.9. The quantitative estimate of drug-likeness (QED) is 0.303. The maximum absolute atomic E-state index is 11.7. The maximum atomic E-state index is 11.7. The number of hydrogen-bond donors (Lipinski definition) is 2. The van der Waals surface area contributed by atoms with E-state index in [1.165, 1.54) is 11.8 Å². The van der Waals surface area contributed by atoms with Gasteiger partial charge in [0.1, 0.15) is 0 Å². The molecule has 2 heterocycles. The van der Waals surface area contributed by atoms with Gasteiger partial charge in [-0.15, -0.1) is 24.0 Å². The van der Waals surface area contributed by atoms with E-state index in [9.17, 15) is 8.42 Å². The van der Waals surface area contributed by atoms with Crippen molar-refractivity contribution in [2.75, 3.05) is 45.5 Å². The van der Waals surface area contributed by atoms with Crippen molar-refractivity contribution in [3.05, 3.63) is 35.9 Å². The van der Waals surface area contributed by atoms with Crippen LogP contribution in [0, 0.1) is 5.92 Å². The molecule has 7 nitrogen and oxygen atoms in total. The number of aliphatic imine (C=N–C) groups is 1. The minimum atomic E-state index is -3.06. The van der Waals surface area contributed by atoms with E-state index >= 15 is 0 Å². The first-order valence-electron chi connectivity index (χ1n) is 11.2. The zero-order valence-electron chi connectivity index (χ0n) is 18.8. The number of nitrogens with one attached hydrogen (secondary N) is 2. The number of guanidine groups is 1. The minimum Gasteiger partial charge on any atom is -0.357 e. The first kappa shape index (κ1) is 26.3. The third-order valence-corrected chi connectivity index (χ3v) is 7.37. The fourth-order valence-electron chi connectivity index (χ4n) is 4.23. The molecule has 0 spiro atoms. The number of likely N-dealkylation sites (tertiary alicyclic amines) is 1. The molecular formula is C22H38IN5O2S. The second-order valence-corrected chi connectivity index (χ2v) is 10.5. The molecule has 3 rings (SSSR count). The van der Waals surface area contributed by atoms with Gasteiger partial charge in [-0.05, 0) is 44.1 Å². The lowest BCUT2D eigenvalue weighted by atomic mass is 9.98. The number of benzene rings is 1. The molecule has 2 aliphatic heterocycles. The summed E-state index contributed by atoms with van der Waals surface area (Å²) in [5.74, 6) is 1.34. The predicted molar refractivity (Wildman–Crippen MR) is 138 cm³/mol. The van der Waals surface area contributed by atoms with E-state index in [0.717, 1.165) is 64.4 Å². The molecule has 2 N–H and O–H groups in total. The molecule has 0 saturated carbocycles. The fourth-order valence-corrected chi connectivity index (χ4v) is 5.11. The molecule has 0 unspecified atom stereocenters. The average Bonchev–Trinajstić information content (AvgIpc) is 2.74. The lowest BCUT2D eigenvalue weighted by Crippen LogP contribution is -2.48. The average molecular weight is 564 g/mol. The van der Waals surface area contributed by atoms with Crippen LogP contribution in [-0.4, -0.2) is 75.1 Å². The summed E-state index contributed by atoms with van der Waals surface area (Å²) in [6.45, 7) is 8.11. The summed E-state index contributed by atoms with van der Waals surface area (Å²) >= 11 is 0. The molecule has 1 aromatic rings. The van der Waals surface area contributed by atoms with Crippen molar-refractivity contribution in [3.63, 3.8) is 0 Å². The fraction of sp³-hybridized carbons (Fsp3) is 0.682. The number of piperidine rings is 2. The Balaban J connectivity index is 0.00000341. The Kier molecular flexibility index (Phi) is 11.0. The van der Waals surface area contributed by atoms with Gasteiger partial charge < -0.3 is 10.6 Å². The lowest BCUT2D eigenvalue weighted by molar-refractivity contribution is 0.198. The minimum absolute atomic E-state index is 0. The molecule has 1 aromatic carbocycles. The zero-order chi connectivity index (χ0) is 21.4. The topological polar surface area (TPSA) is 77.0 Å². The SMILES string of the molecule is CCNC(=NCC1CCN(S(C)(=O)=O)CC1)NC1CCN(Cc2ccccc2)CC1.I. The van der Waals surface area contributed by atoms with E-state index in [1.54, 1.807) is 4.31 Å². The van der Waals surface area contributed by atoms with E-state index in [4.69, 9.17) is 4.99 Å². The highest BCUT2D eigenvalue weighted by molar-refractivity contribution is 14.0. The smallest absolute Gasteiger partial charge is 0.211 e. The normalized spacial score (nSPS) is 20.3. The van der Waals surface area contributed by atoms with Gasteiger partial charge in [-0.1, -0.05) is 30.3 Å². The first-order valence-corrected chi connectivity index (χ1v) is 13.0. The molecule has 0 bridgehead atoms. The van der Waals surface area contributed by atoms with Gasteiger partial charge in [0, 0.05) is 51.9 Å². The van der Waals surface area contributed by atoms with Gasteiger partial charge >= 0.3 is 0 Å². The third kappa shape index (κ3) is 8.86. The molecule has 2 aliphatic rings. The summed E-state index contributed by atoms with van der Waals surface area (Å²) in [5, 5.41) is 6.99. The summed E-state index contributed by atoms with van der Waals surface area (Å²) < 4.78 is 24.9. The van der Waals surface area contributed by atoms with Crippen LogP contribution >= 0.6 is 24.0 Å². The van der Waals surface area contributed by atoms with E-state index < -0.39 is 10.0 Å². The number of hydrogen-bond acceptors (Lipinski definition) is 4. The standard InChI is InChI=1S/C22H37N5O2S.HI/c1-3-23-22(24-17-19-9-15-27(16-10-19)30(2,28)29)25-21-11-13-26(14-12-21)18-20-7-5-4-6-8-20;/h4-8,19,21H,3,9-18H2,1-2H3,(H2,23,24,25);1H. The van der Waals surface area contributed by atoms with Crippen LogP contribution in [0.4, 0.5) is 0 Å². The number of rotatable bonds is 7. The lowest BCUT2D eigenvalue weighted by Gasteiger charge is -2.33. The molecule has 0 radical (unpaired) electrons. The summed E-state index contributed by atoms with van der Waals surface area (Å²) in [6, 6.07) is 11.1. The van der Waals surface area contributed by atoms with Crippen molar-refractivity contribution in [2.45, 2.75) is 45.2 Å².